The molecule has 0 aliphatic heterocycles. The predicted octanol–water partition coefficient (Wildman–Crippen LogP) is 3.45. The maximum Gasteiger partial charge on any atom is 0.281 e. The molecule has 7 heteroatoms. The van der Waals surface area contributed by atoms with E-state index >= 15 is 0 Å². The molecule has 1 aromatic heterocycles. The van der Waals surface area contributed by atoms with Gasteiger partial charge in [-0.05, 0) is 19.0 Å². The van der Waals surface area contributed by atoms with Crippen molar-refractivity contribution in [3.63, 3.8) is 0 Å². The summed E-state index contributed by atoms with van der Waals surface area (Å²) in [6, 6.07) is 4.52. The van der Waals surface area contributed by atoms with Crippen LogP contribution < -0.4 is 5.32 Å². The van der Waals surface area contributed by atoms with Crippen molar-refractivity contribution in [2.24, 2.45) is 0 Å². The zero-order valence-corrected chi connectivity index (χ0v) is 12.4. The summed E-state index contributed by atoms with van der Waals surface area (Å²) in [5.74, 6) is 0.848. The van der Waals surface area contributed by atoms with Gasteiger partial charge in [-0.25, -0.2) is 4.98 Å². The van der Waals surface area contributed by atoms with Gasteiger partial charge in [0.15, 0.2) is 11.7 Å². The van der Waals surface area contributed by atoms with E-state index in [1.54, 1.807) is 6.07 Å². The minimum atomic E-state index is -0.480. The number of aromatic nitrogens is 1. The predicted molar refractivity (Wildman–Crippen MR) is 80.5 cm³/mol. The molecule has 0 atom stereocenters. The number of benzene rings is 1. The van der Waals surface area contributed by atoms with Crippen LogP contribution in [0.2, 0.25) is 5.02 Å². The Kier molecular flexibility index (Phi) is 5.30. The van der Waals surface area contributed by atoms with Crippen LogP contribution >= 0.6 is 11.6 Å². The van der Waals surface area contributed by atoms with Crippen molar-refractivity contribution in [3.8, 4) is 11.3 Å². The van der Waals surface area contributed by atoms with Gasteiger partial charge in [-0.15, -0.1) is 0 Å². The van der Waals surface area contributed by atoms with Crippen molar-refractivity contribution in [2.45, 2.75) is 19.8 Å². The Labute approximate surface area is 127 Å². The molecule has 1 heterocycles. The highest BCUT2D eigenvalue weighted by Crippen LogP contribution is 2.36. The number of halogens is 1. The third-order valence-electron chi connectivity index (χ3n) is 2.93. The lowest BCUT2D eigenvalue weighted by Crippen LogP contribution is -2.17. The summed E-state index contributed by atoms with van der Waals surface area (Å²) in [4.78, 5) is 14.7. The largest absolute Gasteiger partial charge is 0.440 e. The lowest BCUT2D eigenvalue weighted by Gasteiger charge is -2.02. The molecule has 0 aliphatic rings. The van der Waals surface area contributed by atoms with Gasteiger partial charge in [-0.1, -0.05) is 24.6 Å². The van der Waals surface area contributed by atoms with Gasteiger partial charge < -0.3 is 9.73 Å². The second kappa shape index (κ2) is 7.19. The number of nitrogens with one attached hydrogen (secondary N) is 1. The van der Waals surface area contributed by atoms with E-state index in [-0.39, 0.29) is 16.3 Å². The molecule has 6 nitrogen and oxygen atoms in total. The van der Waals surface area contributed by atoms with E-state index < -0.39 is 4.92 Å². The molecule has 0 fully saturated rings. The van der Waals surface area contributed by atoms with Crippen molar-refractivity contribution in [2.75, 3.05) is 13.1 Å². The van der Waals surface area contributed by atoms with Crippen LogP contribution in [0.4, 0.5) is 5.69 Å². The van der Waals surface area contributed by atoms with E-state index in [9.17, 15) is 10.1 Å². The Bertz CT molecular complexity index is 628. The van der Waals surface area contributed by atoms with Crippen LogP contribution in [0.15, 0.2) is 28.8 Å². The van der Waals surface area contributed by atoms with Crippen LogP contribution in [0, 0.1) is 10.1 Å². The number of nitro groups is 1. The number of hydrogen-bond acceptors (Lipinski definition) is 5. The highest BCUT2D eigenvalue weighted by atomic mass is 35.5. The fourth-order valence-corrected chi connectivity index (χ4v) is 2.21. The van der Waals surface area contributed by atoms with E-state index in [1.165, 1.54) is 18.3 Å². The van der Waals surface area contributed by atoms with Gasteiger partial charge in [0.05, 0.1) is 16.1 Å². The Morgan fingerprint density at radius 2 is 2.24 bits per heavy atom. The topological polar surface area (TPSA) is 81.2 Å². The zero-order valence-electron chi connectivity index (χ0n) is 11.6. The Hall–Kier alpha value is -1.92. The van der Waals surface area contributed by atoms with Crippen molar-refractivity contribution >= 4 is 17.3 Å². The van der Waals surface area contributed by atoms with Crippen molar-refractivity contribution < 1.29 is 9.34 Å². The lowest BCUT2D eigenvalue weighted by atomic mass is 10.1. The minimum absolute atomic E-state index is 0.0886. The molecule has 0 saturated heterocycles. The van der Waals surface area contributed by atoms with Gasteiger partial charge in [0, 0.05) is 19.0 Å². The summed E-state index contributed by atoms with van der Waals surface area (Å²) in [7, 11) is 0. The first-order valence-corrected chi connectivity index (χ1v) is 7.10. The summed E-state index contributed by atoms with van der Waals surface area (Å²) >= 11 is 6.06. The van der Waals surface area contributed by atoms with E-state index in [1.807, 2.05) is 0 Å². The number of nitrogens with zero attached hydrogens (tertiary/aromatic N) is 2. The first kappa shape index (κ1) is 15.5. The molecule has 21 heavy (non-hydrogen) atoms. The minimum Gasteiger partial charge on any atom is -0.440 e. The van der Waals surface area contributed by atoms with Crippen molar-refractivity contribution in [1.29, 1.82) is 0 Å². The average molecular weight is 310 g/mol. The molecule has 0 radical (unpaired) electrons. The molecule has 0 saturated carbocycles. The molecule has 0 aliphatic carbocycles. The van der Waals surface area contributed by atoms with E-state index in [0.717, 1.165) is 19.5 Å². The van der Waals surface area contributed by atoms with E-state index in [0.29, 0.717) is 18.1 Å². The number of nitro benzene ring substituents is 1. The van der Waals surface area contributed by atoms with Crippen LogP contribution in [0.3, 0.4) is 0 Å². The maximum absolute atomic E-state index is 11.1. The first-order chi connectivity index (χ1) is 10.1. The molecule has 0 spiro atoms. The average Bonchev–Trinajstić information content (AvgIpc) is 2.91. The van der Waals surface area contributed by atoms with Crippen LogP contribution in [-0.2, 0) is 6.42 Å². The van der Waals surface area contributed by atoms with Gasteiger partial charge in [0.2, 0.25) is 0 Å². The number of hydrogen-bond donors (Lipinski definition) is 1. The third-order valence-corrected chi connectivity index (χ3v) is 3.25. The molecular weight excluding hydrogens is 294 g/mol. The molecule has 0 unspecified atom stereocenters. The summed E-state index contributed by atoms with van der Waals surface area (Å²) < 4.78 is 5.58. The highest BCUT2D eigenvalue weighted by molar-refractivity contribution is 6.33. The fourth-order valence-electron chi connectivity index (χ4n) is 1.95. The molecular formula is C14H16ClN3O3. The standard InChI is InChI=1S/C14H16ClN3O3/c1-2-7-16-8-6-13-17-9-12(21-13)14-10(15)4-3-5-11(14)18(19)20/h3-5,9,16H,2,6-8H2,1H3. The number of oxazole rings is 1. The molecule has 1 aromatic carbocycles. The normalized spacial score (nSPS) is 10.8. The number of rotatable bonds is 7. The van der Waals surface area contributed by atoms with Gasteiger partial charge in [0.1, 0.15) is 5.56 Å². The fraction of sp³-hybridized carbons (Fsp3) is 0.357. The van der Waals surface area contributed by atoms with Crippen LogP contribution in [-0.4, -0.2) is 23.0 Å². The Balaban J connectivity index is 2.20. The lowest BCUT2D eigenvalue weighted by molar-refractivity contribution is -0.384. The molecule has 2 rings (SSSR count). The zero-order chi connectivity index (χ0) is 15.2. The molecule has 112 valence electrons. The quantitative estimate of drug-likeness (QED) is 0.481. The van der Waals surface area contributed by atoms with Gasteiger partial charge in [-0.2, -0.15) is 0 Å². The van der Waals surface area contributed by atoms with Crippen LogP contribution in [0.5, 0.6) is 0 Å². The summed E-state index contributed by atoms with van der Waals surface area (Å²) in [5.41, 5.74) is 0.179. The molecule has 0 amide bonds. The van der Waals surface area contributed by atoms with Gasteiger partial charge in [-0.3, -0.25) is 10.1 Å². The smallest absolute Gasteiger partial charge is 0.281 e. The summed E-state index contributed by atoms with van der Waals surface area (Å²) in [5, 5.41) is 14.6. The third kappa shape index (κ3) is 3.80. The van der Waals surface area contributed by atoms with Crippen molar-refractivity contribution in [1.82, 2.24) is 10.3 Å². The van der Waals surface area contributed by atoms with Crippen LogP contribution in [0.1, 0.15) is 19.2 Å². The summed E-state index contributed by atoms with van der Waals surface area (Å²) in [6.45, 7) is 3.77. The highest BCUT2D eigenvalue weighted by Gasteiger charge is 2.21. The SMILES string of the molecule is CCCNCCc1ncc(-c2c(Cl)cccc2[N+](=O)[O-])o1. The maximum atomic E-state index is 11.1. The monoisotopic (exact) mass is 309 g/mol. The van der Waals surface area contributed by atoms with E-state index in [4.69, 9.17) is 16.0 Å². The van der Waals surface area contributed by atoms with E-state index in [2.05, 4.69) is 17.2 Å². The molecule has 0 bridgehead atoms. The second-order valence-corrected chi connectivity index (χ2v) is 4.92. The van der Waals surface area contributed by atoms with Crippen molar-refractivity contribution in [3.05, 3.63) is 45.4 Å². The first-order valence-electron chi connectivity index (χ1n) is 6.72. The Morgan fingerprint density at radius 1 is 1.43 bits per heavy atom. The summed E-state index contributed by atoms with van der Waals surface area (Å²) in [6.07, 6.45) is 3.16. The second-order valence-electron chi connectivity index (χ2n) is 4.51. The van der Waals surface area contributed by atoms with Gasteiger partial charge >= 0.3 is 0 Å². The molecule has 1 N–H and O–H groups in total. The molecule has 2 aromatic rings. The Morgan fingerprint density at radius 3 is 2.95 bits per heavy atom. The van der Waals surface area contributed by atoms with Gasteiger partial charge in [0.25, 0.3) is 5.69 Å². The van der Waals surface area contributed by atoms with Crippen LogP contribution in [0.25, 0.3) is 11.3 Å².